The van der Waals surface area contributed by atoms with Gasteiger partial charge in [0.2, 0.25) is 6.79 Å². The zero-order chi connectivity index (χ0) is 26.9. The fourth-order valence-electron chi connectivity index (χ4n) is 5.39. The number of hydrogen-bond acceptors (Lipinski definition) is 8. The molecule has 5 aromatic rings. The molecule has 6 rings (SSSR count). The summed E-state index contributed by atoms with van der Waals surface area (Å²) in [6.45, 7) is 7.30. The number of fused-ring (bicyclic) bond motifs is 3. The third-order valence-electron chi connectivity index (χ3n) is 7.00. The Morgan fingerprint density at radius 3 is 1.71 bits per heavy atom. The summed E-state index contributed by atoms with van der Waals surface area (Å²) in [7, 11) is 0. The maximum absolute atomic E-state index is 13.5. The van der Waals surface area contributed by atoms with Crippen LogP contribution in [0.5, 0.6) is 23.0 Å². The first-order valence-electron chi connectivity index (χ1n) is 12.1. The molecule has 3 aromatic carbocycles. The van der Waals surface area contributed by atoms with E-state index in [1.807, 2.05) is 26.0 Å². The van der Waals surface area contributed by atoms with Crippen molar-refractivity contribution in [3.05, 3.63) is 102 Å². The van der Waals surface area contributed by atoms with Crippen molar-refractivity contribution in [3.63, 3.8) is 0 Å². The Bertz CT molecular complexity index is 1800. The summed E-state index contributed by atoms with van der Waals surface area (Å²) in [6.07, 6.45) is 0. The first-order chi connectivity index (χ1) is 18.1. The second-order valence-corrected chi connectivity index (χ2v) is 9.77. The van der Waals surface area contributed by atoms with E-state index >= 15 is 0 Å². The van der Waals surface area contributed by atoms with Crippen LogP contribution in [-0.4, -0.2) is 17.0 Å². The number of aryl methyl sites for hydroxylation is 4. The van der Waals surface area contributed by atoms with E-state index in [2.05, 4.69) is 0 Å². The number of rotatable bonds is 3. The lowest BCUT2D eigenvalue weighted by Crippen LogP contribution is -2.21. The molecule has 0 aliphatic carbocycles. The molecule has 1 aliphatic rings. The van der Waals surface area contributed by atoms with Crippen LogP contribution in [0.15, 0.2) is 60.9 Å². The molecular formula is C30H24O8. The highest BCUT2D eigenvalue weighted by Gasteiger charge is 2.34. The molecular weight excluding hydrogens is 488 g/mol. The van der Waals surface area contributed by atoms with Gasteiger partial charge < -0.3 is 28.5 Å². The van der Waals surface area contributed by atoms with Gasteiger partial charge in [0, 0.05) is 0 Å². The van der Waals surface area contributed by atoms with Crippen LogP contribution in [-0.2, 0) is 0 Å². The van der Waals surface area contributed by atoms with E-state index in [1.54, 1.807) is 44.2 Å². The van der Waals surface area contributed by atoms with Gasteiger partial charge in [-0.1, -0.05) is 18.2 Å². The fourth-order valence-corrected chi connectivity index (χ4v) is 5.39. The van der Waals surface area contributed by atoms with Gasteiger partial charge in [0.1, 0.15) is 22.7 Å². The van der Waals surface area contributed by atoms with Gasteiger partial charge in [0.05, 0.1) is 27.8 Å². The average Bonchev–Trinajstić information content (AvgIpc) is 3.33. The van der Waals surface area contributed by atoms with Gasteiger partial charge in [-0.25, -0.2) is 9.59 Å². The van der Waals surface area contributed by atoms with Crippen molar-refractivity contribution in [2.45, 2.75) is 33.6 Å². The molecule has 2 aromatic heterocycles. The normalized spacial score (nSPS) is 12.7. The molecule has 2 N–H and O–H groups in total. The minimum absolute atomic E-state index is 0.0211. The van der Waals surface area contributed by atoms with Crippen LogP contribution in [0.25, 0.3) is 21.9 Å². The SMILES string of the molecule is Cc1cc(C)c2oc(=O)c(C(c3ccc4c(c3)OCO4)c3c(O)c4cc(C)cc(C)c4oc3=O)c(O)c2c1. The first kappa shape index (κ1) is 23.7. The van der Waals surface area contributed by atoms with Crippen LogP contribution >= 0.6 is 0 Å². The van der Waals surface area contributed by atoms with E-state index in [4.69, 9.17) is 18.3 Å². The zero-order valence-electron chi connectivity index (χ0n) is 21.2. The lowest BCUT2D eigenvalue weighted by Gasteiger charge is -2.20. The Morgan fingerprint density at radius 2 is 1.18 bits per heavy atom. The van der Waals surface area contributed by atoms with Crippen molar-refractivity contribution >= 4 is 21.9 Å². The summed E-state index contributed by atoms with van der Waals surface area (Å²) < 4.78 is 22.4. The van der Waals surface area contributed by atoms with Crippen LogP contribution in [0.3, 0.4) is 0 Å². The maximum atomic E-state index is 13.5. The highest BCUT2D eigenvalue weighted by molar-refractivity contribution is 5.90. The second kappa shape index (κ2) is 8.41. The van der Waals surface area contributed by atoms with Gasteiger partial charge >= 0.3 is 11.3 Å². The predicted octanol–water partition coefficient (Wildman–Crippen LogP) is 5.45. The molecule has 38 heavy (non-hydrogen) atoms. The second-order valence-electron chi connectivity index (χ2n) is 9.77. The Labute approximate surface area is 216 Å². The first-order valence-corrected chi connectivity index (χ1v) is 12.1. The molecule has 3 heterocycles. The Morgan fingerprint density at radius 1 is 0.684 bits per heavy atom. The maximum Gasteiger partial charge on any atom is 0.344 e. The molecule has 8 heteroatoms. The van der Waals surface area contributed by atoms with Crippen molar-refractivity contribution in [3.8, 4) is 23.0 Å². The van der Waals surface area contributed by atoms with E-state index in [9.17, 15) is 19.8 Å². The fraction of sp³-hybridized carbons (Fsp3) is 0.200. The third kappa shape index (κ3) is 3.52. The molecule has 0 saturated carbocycles. The minimum atomic E-state index is -1.24. The standard InChI is InChI=1S/C30H24O8/c1-13-7-15(3)27-18(9-13)25(31)23(29(33)37-27)22(17-5-6-20-21(11-17)36-12-35-20)24-26(32)19-10-14(2)8-16(4)28(19)38-30(24)34/h5-11,22,31-32H,12H2,1-4H3. The zero-order valence-corrected chi connectivity index (χ0v) is 21.2. The summed E-state index contributed by atoms with van der Waals surface area (Å²) in [6, 6.07) is 12.0. The molecule has 0 amide bonds. The number of hydrogen-bond donors (Lipinski definition) is 2. The van der Waals surface area contributed by atoms with Crippen molar-refractivity contribution < 1.29 is 28.5 Å². The van der Waals surface area contributed by atoms with Gasteiger partial charge in [-0.05, 0) is 79.8 Å². The summed E-state index contributed by atoms with van der Waals surface area (Å²) in [4.78, 5) is 27.0. The van der Waals surface area contributed by atoms with Crippen LogP contribution in [0, 0.1) is 27.7 Å². The van der Waals surface area contributed by atoms with E-state index in [-0.39, 0.29) is 40.6 Å². The van der Waals surface area contributed by atoms with Crippen LogP contribution < -0.4 is 20.7 Å². The average molecular weight is 513 g/mol. The van der Waals surface area contributed by atoms with Crippen molar-refractivity contribution in [2.24, 2.45) is 0 Å². The largest absolute Gasteiger partial charge is 0.507 e. The monoisotopic (exact) mass is 512 g/mol. The molecule has 0 unspecified atom stereocenters. The highest BCUT2D eigenvalue weighted by atomic mass is 16.7. The smallest absolute Gasteiger partial charge is 0.344 e. The number of benzene rings is 3. The van der Waals surface area contributed by atoms with Crippen molar-refractivity contribution in [1.29, 1.82) is 0 Å². The van der Waals surface area contributed by atoms with E-state index in [0.29, 0.717) is 39.0 Å². The van der Waals surface area contributed by atoms with Gasteiger partial charge in [0.25, 0.3) is 0 Å². The number of ether oxygens (including phenoxy) is 2. The molecule has 0 fully saturated rings. The molecule has 0 spiro atoms. The molecule has 1 aliphatic heterocycles. The lowest BCUT2D eigenvalue weighted by molar-refractivity contribution is 0.174. The third-order valence-corrected chi connectivity index (χ3v) is 7.00. The highest BCUT2D eigenvalue weighted by Crippen LogP contribution is 2.45. The van der Waals surface area contributed by atoms with Gasteiger partial charge in [-0.3, -0.25) is 0 Å². The Hall–Kier alpha value is -4.72. The van der Waals surface area contributed by atoms with Gasteiger partial charge in [-0.2, -0.15) is 0 Å². The van der Waals surface area contributed by atoms with Gasteiger partial charge in [0.15, 0.2) is 11.5 Å². The van der Waals surface area contributed by atoms with E-state index in [0.717, 1.165) is 11.1 Å². The molecule has 0 saturated heterocycles. The molecule has 0 radical (unpaired) electrons. The molecule has 0 atom stereocenters. The summed E-state index contributed by atoms with van der Waals surface area (Å²) in [5.41, 5.74) is 1.85. The topological polar surface area (TPSA) is 119 Å². The molecule has 192 valence electrons. The lowest BCUT2D eigenvalue weighted by atomic mass is 9.84. The Balaban J connectivity index is 1.74. The quantitative estimate of drug-likeness (QED) is 0.306. The van der Waals surface area contributed by atoms with Crippen molar-refractivity contribution in [2.75, 3.05) is 6.79 Å². The summed E-state index contributed by atoms with van der Waals surface area (Å²) in [5, 5.41) is 23.7. The van der Waals surface area contributed by atoms with Gasteiger partial charge in [-0.15, -0.1) is 0 Å². The predicted molar refractivity (Wildman–Crippen MR) is 141 cm³/mol. The molecule has 0 bridgehead atoms. The van der Waals surface area contributed by atoms with Crippen molar-refractivity contribution in [1.82, 2.24) is 0 Å². The van der Waals surface area contributed by atoms with Crippen LogP contribution in [0.1, 0.15) is 44.9 Å². The molecule has 8 nitrogen and oxygen atoms in total. The minimum Gasteiger partial charge on any atom is -0.507 e. The number of aromatic hydroxyl groups is 2. The Kier molecular flexibility index (Phi) is 5.24. The van der Waals surface area contributed by atoms with E-state index in [1.165, 1.54) is 0 Å². The van der Waals surface area contributed by atoms with E-state index < -0.39 is 17.2 Å². The van der Waals surface area contributed by atoms with Crippen LogP contribution in [0.2, 0.25) is 0 Å². The summed E-state index contributed by atoms with van der Waals surface area (Å²) >= 11 is 0. The summed E-state index contributed by atoms with van der Waals surface area (Å²) in [5.74, 6) is -1.03. The van der Waals surface area contributed by atoms with Crippen LogP contribution in [0.4, 0.5) is 0 Å².